The number of hydrogen-bond donors (Lipinski definition) is 3. The predicted octanol–water partition coefficient (Wildman–Crippen LogP) is 2.97. The van der Waals surface area contributed by atoms with Crippen LogP contribution < -0.4 is 5.32 Å². The van der Waals surface area contributed by atoms with Gasteiger partial charge in [0, 0.05) is 0 Å². The molecule has 0 aromatic heterocycles. The average Bonchev–Trinajstić information content (AvgIpc) is 2.68. The highest BCUT2D eigenvalue weighted by molar-refractivity contribution is 5.80. The molecule has 0 fully saturated rings. The van der Waals surface area contributed by atoms with Gasteiger partial charge >= 0.3 is 12.1 Å². The molecule has 2 atom stereocenters. The first-order valence-electron chi connectivity index (χ1n) is 8.93. The molecule has 7 nitrogen and oxygen atoms in total. The standard InChI is InChI=1S/C14H14O.C7H13NO5/c1-3-7-13(8-4-1)11-15-12-14-9-5-2-6-10-14;1-3-13-7(12)8-5(4(2)9)6(10)11/h1-10H,11-12H2;4-5,9H,3H2,1-2H3,(H,8,12)(H,10,11). The predicted molar refractivity (Wildman–Crippen MR) is 105 cm³/mol. The fourth-order valence-corrected chi connectivity index (χ4v) is 2.12. The first-order valence-corrected chi connectivity index (χ1v) is 8.93. The number of benzene rings is 2. The maximum atomic E-state index is 10.8. The van der Waals surface area contributed by atoms with Crippen LogP contribution in [0.25, 0.3) is 0 Å². The topological polar surface area (TPSA) is 105 Å². The van der Waals surface area contributed by atoms with Crippen molar-refractivity contribution in [3.05, 3.63) is 71.8 Å². The summed E-state index contributed by atoms with van der Waals surface area (Å²) in [6, 6.07) is 19.1. The minimum absolute atomic E-state index is 0.151. The van der Waals surface area contributed by atoms with Crippen LogP contribution in [0, 0.1) is 0 Å². The molecule has 0 heterocycles. The van der Waals surface area contributed by atoms with Gasteiger partial charge in [0.2, 0.25) is 0 Å². The van der Waals surface area contributed by atoms with Crippen molar-refractivity contribution < 1.29 is 29.3 Å². The fourth-order valence-electron chi connectivity index (χ4n) is 2.12. The summed E-state index contributed by atoms with van der Waals surface area (Å²) in [4.78, 5) is 21.2. The lowest BCUT2D eigenvalue weighted by Gasteiger charge is -2.16. The van der Waals surface area contributed by atoms with Crippen LogP contribution in [0.4, 0.5) is 4.79 Å². The number of amides is 1. The van der Waals surface area contributed by atoms with Gasteiger partial charge in [0.05, 0.1) is 25.9 Å². The van der Waals surface area contributed by atoms with E-state index in [1.807, 2.05) is 41.7 Å². The Morgan fingerprint density at radius 2 is 1.43 bits per heavy atom. The monoisotopic (exact) mass is 389 g/mol. The van der Waals surface area contributed by atoms with Crippen LogP contribution in [0.1, 0.15) is 25.0 Å². The Labute approximate surface area is 164 Å². The highest BCUT2D eigenvalue weighted by Gasteiger charge is 2.25. The SMILES string of the molecule is CCOC(=O)NC(C(=O)O)C(C)O.c1ccc(COCc2ccccc2)cc1. The lowest BCUT2D eigenvalue weighted by atomic mass is 10.2. The number of nitrogens with one attached hydrogen (secondary N) is 1. The zero-order valence-corrected chi connectivity index (χ0v) is 16.1. The zero-order valence-electron chi connectivity index (χ0n) is 16.1. The molecule has 1 amide bonds. The Bertz CT molecular complexity index is 651. The summed E-state index contributed by atoms with van der Waals surface area (Å²) in [5, 5.41) is 19.5. The summed E-state index contributed by atoms with van der Waals surface area (Å²) >= 11 is 0. The van der Waals surface area contributed by atoms with Crippen LogP contribution in [0.15, 0.2) is 60.7 Å². The van der Waals surface area contributed by atoms with Crippen LogP contribution in [-0.2, 0) is 27.5 Å². The lowest BCUT2D eigenvalue weighted by molar-refractivity contribution is -0.142. The number of rotatable bonds is 8. The van der Waals surface area contributed by atoms with E-state index in [0.717, 1.165) is 0 Å². The molecular formula is C21H27NO6. The molecule has 2 rings (SSSR count). The van der Waals surface area contributed by atoms with Crippen molar-refractivity contribution in [1.82, 2.24) is 5.32 Å². The Kier molecular flexibility index (Phi) is 11.0. The highest BCUT2D eigenvalue weighted by atomic mass is 16.5. The van der Waals surface area contributed by atoms with Crippen molar-refractivity contribution in [3.8, 4) is 0 Å². The molecule has 0 aliphatic heterocycles. The van der Waals surface area contributed by atoms with Crippen molar-refractivity contribution in [3.63, 3.8) is 0 Å². The number of aliphatic carboxylic acids is 1. The van der Waals surface area contributed by atoms with Crippen LogP contribution in [0.3, 0.4) is 0 Å². The summed E-state index contributed by atoms with van der Waals surface area (Å²) in [5.41, 5.74) is 2.43. The number of carboxylic acids is 1. The first-order chi connectivity index (χ1) is 13.4. The van der Waals surface area contributed by atoms with Crippen LogP contribution >= 0.6 is 0 Å². The summed E-state index contributed by atoms with van der Waals surface area (Å²) in [6.45, 7) is 4.37. The molecule has 7 heteroatoms. The van der Waals surface area contributed by atoms with Crippen molar-refractivity contribution in [1.29, 1.82) is 0 Å². The van der Waals surface area contributed by atoms with Crippen LogP contribution in [-0.4, -0.2) is 41.0 Å². The Balaban J connectivity index is 0.000000284. The quantitative estimate of drug-likeness (QED) is 0.641. The Hall–Kier alpha value is -2.90. The minimum atomic E-state index is -1.33. The normalized spacial score (nSPS) is 12.1. The summed E-state index contributed by atoms with van der Waals surface area (Å²) in [7, 11) is 0. The second-order valence-corrected chi connectivity index (χ2v) is 5.89. The van der Waals surface area contributed by atoms with Gasteiger partial charge in [0.1, 0.15) is 0 Å². The Morgan fingerprint density at radius 1 is 0.964 bits per heavy atom. The second kappa shape index (κ2) is 13.3. The molecule has 3 N–H and O–H groups in total. The van der Waals surface area contributed by atoms with Gasteiger partial charge in [-0.25, -0.2) is 9.59 Å². The molecule has 0 radical (unpaired) electrons. The van der Waals surface area contributed by atoms with Gasteiger partial charge in [-0.15, -0.1) is 0 Å². The van der Waals surface area contributed by atoms with E-state index in [1.54, 1.807) is 6.92 Å². The smallest absolute Gasteiger partial charge is 0.407 e. The van der Waals surface area contributed by atoms with E-state index in [9.17, 15) is 9.59 Å². The van der Waals surface area contributed by atoms with E-state index < -0.39 is 24.2 Å². The van der Waals surface area contributed by atoms with Gasteiger partial charge in [0.15, 0.2) is 6.04 Å². The van der Waals surface area contributed by atoms with Crippen molar-refractivity contribution in [2.75, 3.05) is 6.61 Å². The van der Waals surface area contributed by atoms with Crippen molar-refractivity contribution >= 4 is 12.1 Å². The molecule has 28 heavy (non-hydrogen) atoms. The van der Waals surface area contributed by atoms with Crippen LogP contribution in [0.2, 0.25) is 0 Å². The first kappa shape index (κ1) is 23.1. The maximum absolute atomic E-state index is 10.8. The second-order valence-electron chi connectivity index (χ2n) is 5.89. The third-order valence-corrected chi connectivity index (χ3v) is 3.52. The highest BCUT2D eigenvalue weighted by Crippen LogP contribution is 2.05. The van der Waals surface area contributed by atoms with E-state index in [4.69, 9.17) is 14.9 Å². The lowest BCUT2D eigenvalue weighted by Crippen LogP contribution is -2.47. The molecule has 0 bridgehead atoms. The third-order valence-electron chi connectivity index (χ3n) is 3.52. The molecule has 0 saturated heterocycles. The van der Waals surface area contributed by atoms with E-state index in [1.165, 1.54) is 18.1 Å². The average molecular weight is 389 g/mol. The fraction of sp³-hybridized carbons (Fsp3) is 0.333. The molecule has 0 saturated carbocycles. The maximum Gasteiger partial charge on any atom is 0.407 e. The van der Waals surface area contributed by atoms with Crippen molar-refractivity contribution in [2.24, 2.45) is 0 Å². The molecule has 0 aliphatic carbocycles. The molecule has 0 aliphatic rings. The van der Waals surface area contributed by atoms with E-state index in [2.05, 4.69) is 29.0 Å². The molecule has 2 aromatic carbocycles. The third kappa shape index (κ3) is 9.70. The van der Waals surface area contributed by atoms with Gasteiger partial charge < -0.3 is 25.0 Å². The number of hydrogen-bond acceptors (Lipinski definition) is 5. The van der Waals surface area contributed by atoms with Gasteiger partial charge in [0.25, 0.3) is 0 Å². The van der Waals surface area contributed by atoms with Crippen molar-refractivity contribution in [2.45, 2.75) is 39.2 Å². The molecule has 152 valence electrons. The van der Waals surface area contributed by atoms with E-state index in [0.29, 0.717) is 13.2 Å². The van der Waals surface area contributed by atoms with Gasteiger partial charge in [-0.2, -0.15) is 0 Å². The van der Waals surface area contributed by atoms with E-state index in [-0.39, 0.29) is 6.61 Å². The summed E-state index contributed by atoms with van der Waals surface area (Å²) in [5.74, 6) is -1.30. The van der Waals surface area contributed by atoms with Gasteiger partial charge in [-0.05, 0) is 25.0 Å². The number of alkyl carbamates (subject to hydrolysis) is 1. The van der Waals surface area contributed by atoms with Crippen LogP contribution in [0.5, 0.6) is 0 Å². The molecule has 0 spiro atoms. The Morgan fingerprint density at radius 3 is 1.79 bits per heavy atom. The number of carbonyl (C=O) groups is 2. The number of carbonyl (C=O) groups excluding carboxylic acids is 1. The molecule has 2 unspecified atom stereocenters. The summed E-state index contributed by atoms with van der Waals surface area (Å²) < 4.78 is 10.1. The number of aliphatic hydroxyl groups is 1. The van der Waals surface area contributed by atoms with Gasteiger partial charge in [-0.3, -0.25) is 0 Å². The van der Waals surface area contributed by atoms with E-state index >= 15 is 0 Å². The molecule has 2 aromatic rings. The largest absolute Gasteiger partial charge is 0.480 e. The minimum Gasteiger partial charge on any atom is -0.480 e. The van der Waals surface area contributed by atoms with Gasteiger partial charge in [-0.1, -0.05) is 60.7 Å². The number of ether oxygens (including phenoxy) is 2. The number of aliphatic hydroxyl groups excluding tert-OH is 1. The summed E-state index contributed by atoms with van der Waals surface area (Å²) in [6.07, 6.45) is -2.02. The zero-order chi connectivity index (χ0) is 20.8. The number of carboxylic acid groups (broad SMARTS) is 1. The molecular weight excluding hydrogens is 362 g/mol.